The van der Waals surface area contributed by atoms with Crippen LogP contribution in [-0.4, -0.2) is 24.6 Å². The molecule has 0 spiro atoms. The lowest BCUT2D eigenvalue weighted by Crippen LogP contribution is -2.08. The van der Waals surface area contributed by atoms with Gasteiger partial charge in [-0.25, -0.2) is 14.6 Å². The number of hydrogen-bond acceptors (Lipinski definition) is 8. The molecule has 5 rings (SSSR count). The van der Waals surface area contributed by atoms with Crippen molar-refractivity contribution < 1.29 is 33.0 Å². The number of benzene rings is 2. The normalized spacial score (nSPS) is 15.7. The quantitative estimate of drug-likeness (QED) is 0.310. The van der Waals surface area contributed by atoms with Gasteiger partial charge in [-0.05, 0) is 54.6 Å². The maximum absolute atomic E-state index is 12.4. The Labute approximate surface area is 183 Å². The van der Waals surface area contributed by atoms with Crippen molar-refractivity contribution in [1.82, 2.24) is 0 Å². The van der Waals surface area contributed by atoms with Crippen LogP contribution < -0.4 is 14.2 Å². The number of esters is 2. The van der Waals surface area contributed by atoms with E-state index in [0.717, 1.165) is 4.47 Å². The summed E-state index contributed by atoms with van der Waals surface area (Å²) in [7, 11) is 0. The molecule has 9 heteroatoms. The standard InChI is InChI=1S/C22H12BrNO7/c23-14-4-6-16(30-22(26)18-2-1-7-27-18)13(8-14)9-15-21(25)31-20(24-15)12-3-5-17-19(10-12)29-11-28-17/h1-10H,11H2/b15-9+. The molecule has 2 aliphatic heterocycles. The molecule has 3 heterocycles. The van der Waals surface area contributed by atoms with Gasteiger partial charge >= 0.3 is 11.9 Å². The van der Waals surface area contributed by atoms with E-state index in [0.29, 0.717) is 22.6 Å². The maximum Gasteiger partial charge on any atom is 0.379 e. The smallest absolute Gasteiger partial charge is 0.379 e. The third-order valence-corrected chi connectivity index (χ3v) is 4.92. The number of carbonyl (C=O) groups is 2. The zero-order valence-electron chi connectivity index (χ0n) is 15.7. The summed E-state index contributed by atoms with van der Waals surface area (Å²) in [6, 6.07) is 13.2. The lowest BCUT2D eigenvalue weighted by atomic mass is 10.1. The zero-order valence-corrected chi connectivity index (χ0v) is 17.2. The van der Waals surface area contributed by atoms with Crippen molar-refractivity contribution in [2.75, 3.05) is 6.79 Å². The van der Waals surface area contributed by atoms with E-state index in [9.17, 15) is 9.59 Å². The second kappa shape index (κ2) is 7.77. The lowest BCUT2D eigenvalue weighted by molar-refractivity contribution is -0.129. The Balaban J connectivity index is 1.46. The van der Waals surface area contributed by atoms with Crippen LogP contribution in [0.2, 0.25) is 0 Å². The average molecular weight is 482 g/mol. The van der Waals surface area contributed by atoms with E-state index in [2.05, 4.69) is 20.9 Å². The first-order valence-electron chi connectivity index (χ1n) is 9.05. The molecule has 0 aliphatic carbocycles. The third-order valence-electron chi connectivity index (χ3n) is 4.43. The minimum Gasteiger partial charge on any atom is -0.457 e. The Morgan fingerprint density at radius 2 is 1.97 bits per heavy atom. The number of ether oxygens (including phenoxy) is 4. The highest BCUT2D eigenvalue weighted by molar-refractivity contribution is 9.10. The fourth-order valence-corrected chi connectivity index (χ4v) is 3.36. The molecule has 2 aliphatic rings. The van der Waals surface area contributed by atoms with Gasteiger partial charge < -0.3 is 23.4 Å². The average Bonchev–Trinajstić information content (AvgIpc) is 3.51. The minimum absolute atomic E-state index is 0.0565. The number of carbonyl (C=O) groups excluding carboxylic acids is 2. The fraction of sp³-hybridized carbons (Fsp3) is 0.0455. The minimum atomic E-state index is -0.662. The Morgan fingerprint density at radius 3 is 2.81 bits per heavy atom. The highest BCUT2D eigenvalue weighted by atomic mass is 79.9. The topological polar surface area (TPSA) is 96.6 Å². The number of fused-ring (bicyclic) bond motifs is 1. The van der Waals surface area contributed by atoms with Crippen molar-refractivity contribution in [2.45, 2.75) is 0 Å². The molecule has 3 aromatic rings. The van der Waals surface area contributed by atoms with Crippen molar-refractivity contribution >= 4 is 39.8 Å². The molecular weight excluding hydrogens is 470 g/mol. The first-order chi connectivity index (χ1) is 15.1. The molecule has 1 aromatic heterocycles. The van der Waals surface area contributed by atoms with Crippen LogP contribution in [0.3, 0.4) is 0 Å². The van der Waals surface area contributed by atoms with Crippen LogP contribution >= 0.6 is 15.9 Å². The summed E-state index contributed by atoms with van der Waals surface area (Å²) in [6.45, 7) is 0.137. The number of aliphatic imine (C=N–C) groups is 1. The Morgan fingerprint density at radius 1 is 1.10 bits per heavy atom. The van der Waals surface area contributed by atoms with Crippen LogP contribution in [0.4, 0.5) is 0 Å². The number of furan rings is 1. The fourth-order valence-electron chi connectivity index (χ4n) is 2.98. The Hall–Kier alpha value is -3.85. The van der Waals surface area contributed by atoms with Gasteiger partial charge in [0.05, 0.1) is 6.26 Å². The van der Waals surface area contributed by atoms with Gasteiger partial charge in [0.15, 0.2) is 17.2 Å². The predicted molar refractivity (Wildman–Crippen MR) is 111 cm³/mol. The molecule has 0 N–H and O–H groups in total. The molecule has 0 saturated carbocycles. The van der Waals surface area contributed by atoms with Gasteiger partial charge in [0.25, 0.3) is 0 Å². The van der Waals surface area contributed by atoms with Gasteiger partial charge in [0, 0.05) is 15.6 Å². The van der Waals surface area contributed by atoms with Crippen LogP contribution in [0.25, 0.3) is 6.08 Å². The van der Waals surface area contributed by atoms with E-state index in [4.69, 9.17) is 23.4 Å². The van der Waals surface area contributed by atoms with Crippen molar-refractivity contribution in [2.24, 2.45) is 4.99 Å². The predicted octanol–water partition coefficient (Wildman–Crippen LogP) is 4.33. The van der Waals surface area contributed by atoms with Crippen LogP contribution in [0.15, 0.2) is 74.4 Å². The molecule has 154 valence electrons. The molecule has 31 heavy (non-hydrogen) atoms. The number of nitrogens with zero attached hydrogens (tertiary/aromatic N) is 1. The number of halogens is 1. The number of cyclic esters (lactones) is 1. The lowest BCUT2D eigenvalue weighted by Gasteiger charge is -2.07. The molecule has 0 bridgehead atoms. The molecule has 8 nitrogen and oxygen atoms in total. The van der Waals surface area contributed by atoms with E-state index < -0.39 is 11.9 Å². The van der Waals surface area contributed by atoms with Crippen LogP contribution in [0.1, 0.15) is 21.7 Å². The van der Waals surface area contributed by atoms with Gasteiger partial charge in [0.2, 0.25) is 18.5 Å². The third kappa shape index (κ3) is 3.82. The highest BCUT2D eigenvalue weighted by Crippen LogP contribution is 2.34. The Kier molecular flexibility index (Phi) is 4.79. The molecule has 0 radical (unpaired) electrons. The molecule has 0 atom stereocenters. The summed E-state index contributed by atoms with van der Waals surface area (Å²) in [4.78, 5) is 29.0. The van der Waals surface area contributed by atoms with Crippen molar-refractivity contribution in [1.29, 1.82) is 0 Å². The van der Waals surface area contributed by atoms with Gasteiger partial charge in [-0.15, -0.1) is 0 Å². The summed E-state index contributed by atoms with van der Waals surface area (Å²) >= 11 is 3.38. The zero-order chi connectivity index (χ0) is 21.4. The summed E-state index contributed by atoms with van der Waals surface area (Å²) in [5.74, 6) is 0.302. The van der Waals surface area contributed by atoms with Crippen LogP contribution in [0, 0.1) is 0 Å². The largest absolute Gasteiger partial charge is 0.457 e. The SMILES string of the molecule is O=C1OC(c2ccc3c(c2)OCO3)=N/C1=C/c1cc(Br)ccc1OC(=O)c1ccco1. The molecule has 0 amide bonds. The highest BCUT2D eigenvalue weighted by Gasteiger charge is 2.26. The van der Waals surface area contributed by atoms with E-state index in [1.54, 1.807) is 42.5 Å². The van der Waals surface area contributed by atoms with Crippen LogP contribution in [-0.2, 0) is 9.53 Å². The molecule has 2 aromatic carbocycles. The second-order valence-electron chi connectivity index (χ2n) is 6.45. The van der Waals surface area contributed by atoms with Gasteiger partial charge in [0.1, 0.15) is 5.75 Å². The van der Waals surface area contributed by atoms with Gasteiger partial charge in [-0.2, -0.15) is 0 Å². The molecule has 0 unspecified atom stereocenters. The Bertz CT molecular complexity index is 1260. The molecule has 0 fully saturated rings. The number of rotatable bonds is 4. The van der Waals surface area contributed by atoms with E-state index in [1.807, 2.05) is 0 Å². The van der Waals surface area contributed by atoms with Gasteiger partial charge in [-0.1, -0.05) is 15.9 Å². The summed E-state index contributed by atoms with van der Waals surface area (Å²) in [5.41, 5.74) is 1.08. The number of hydrogen-bond donors (Lipinski definition) is 0. The summed E-state index contributed by atoms with van der Waals surface area (Å²) in [6.07, 6.45) is 2.86. The maximum atomic E-state index is 12.4. The summed E-state index contributed by atoms with van der Waals surface area (Å²) < 4.78 is 27.2. The van der Waals surface area contributed by atoms with Crippen molar-refractivity contribution in [3.05, 3.63) is 81.9 Å². The van der Waals surface area contributed by atoms with Crippen molar-refractivity contribution in [3.63, 3.8) is 0 Å². The molecular formula is C22H12BrNO7. The first-order valence-corrected chi connectivity index (χ1v) is 9.84. The van der Waals surface area contributed by atoms with E-state index >= 15 is 0 Å². The van der Waals surface area contributed by atoms with Crippen molar-refractivity contribution in [3.8, 4) is 17.2 Å². The summed E-state index contributed by atoms with van der Waals surface area (Å²) in [5, 5.41) is 0. The monoisotopic (exact) mass is 481 g/mol. The first kappa shape index (κ1) is 19.1. The van der Waals surface area contributed by atoms with E-state index in [-0.39, 0.29) is 29.9 Å². The second-order valence-corrected chi connectivity index (χ2v) is 7.37. The van der Waals surface area contributed by atoms with Crippen LogP contribution in [0.5, 0.6) is 17.2 Å². The molecule has 0 saturated heterocycles. The van der Waals surface area contributed by atoms with E-state index in [1.165, 1.54) is 18.4 Å². The van der Waals surface area contributed by atoms with Gasteiger partial charge in [-0.3, -0.25) is 0 Å².